The van der Waals surface area contributed by atoms with E-state index in [9.17, 15) is 9.59 Å². The Morgan fingerprint density at radius 1 is 1.47 bits per heavy atom. The van der Waals surface area contributed by atoms with Crippen molar-refractivity contribution in [1.29, 1.82) is 0 Å². The molecule has 0 radical (unpaired) electrons. The lowest BCUT2D eigenvalue weighted by molar-refractivity contribution is -0.120. The van der Waals surface area contributed by atoms with E-state index in [0.717, 1.165) is 12.0 Å². The van der Waals surface area contributed by atoms with E-state index in [-0.39, 0.29) is 18.5 Å². The van der Waals surface area contributed by atoms with E-state index in [4.69, 9.17) is 11.6 Å². The first kappa shape index (κ1) is 15.5. The zero-order chi connectivity index (χ0) is 14.4. The summed E-state index contributed by atoms with van der Waals surface area (Å²) in [4.78, 5) is 24.7. The van der Waals surface area contributed by atoms with Crippen LogP contribution in [0.4, 0.5) is 5.69 Å². The minimum absolute atomic E-state index is 0.0661. The molecule has 0 fully saturated rings. The highest BCUT2D eigenvalue weighted by atomic mass is 35.5. The molecule has 0 aliphatic heterocycles. The van der Waals surface area contributed by atoms with Gasteiger partial charge in [0, 0.05) is 28.9 Å². The van der Waals surface area contributed by atoms with E-state index in [1.807, 2.05) is 25.7 Å². The smallest absolute Gasteiger partial charge is 0.239 e. The van der Waals surface area contributed by atoms with Gasteiger partial charge in [0.2, 0.25) is 5.91 Å². The number of benzene rings is 1. The zero-order valence-electron chi connectivity index (χ0n) is 11.4. The number of rotatable bonds is 6. The van der Waals surface area contributed by atoms with Gasteiger partial charge in [-0.2, -0.15) is 0 Å². The summed E-state index contributed by atoms with van der Waals surface area (Å²) in [7, 11) is 0. The number of likely N-dealkylation sites (N-methyl/N-ethyl adjacent to an activating group) is 1. The Hall–Kier alpha value is -1.55. The quantitative estimate of drug-likeness (QED) is 0.816. The number of hydrogen-bond acceptors (Lipinski definition) is 3. The molecule has 19 heavy (non-hydrogen) atoms. The fourth-order valence-electron chi connectivity index (χ4n) is 1.82. The van der Waals surface area contributed by atoms with Crippen molar-refractivity contribution in [2.24, 2.45) is 0 Å². The molecule has 0 saturated carbocycles. The van der Waals surface area contributed by atoms with Gasteiger partial charge in [-0.1, -0.05) is 11.6 Å². The summed E-state index contributed by atoms with van der Waals surface area (Å²) < 4.78 is 0. The Kier molecular flexibility index (Phi) is 5.83. The molecule has 0 aliphatic carbocycles. The van der Waals surface area contributed by atoms with Crippen LogP contribution in [-0.2, 0) is 4.79 Å². The Bertz CT molecular complexity index is 461. The lowest BCUT2D eigenvalue weighted by Crippen LogP contribution is -2.40. The maximum atomic E-state index is 11.8. The first-order valence-electron chi connectivity index (χ1n) is 6.27. The van der Waals surface area contributed by atoms with Crippen LogP contribution in [0.25, 0.3) is 0 Å². The van der Waals surface area contributed by atoms with Crippen LogP contribution in [0.15, 0.2) is 18.2 Å². The van der Waals surface area contributed by atoms with Crippen molar-refractivity contribution in [3.05, 3.63) is 28.8 Å². The number of carbonyl (C=O) groups excluding carboxylic acids is 2. The van der Waals surface area contributed by atoms with Gasteiger partial charge < -0.3 is 10.2 Å². The normalized spacial score (nSPS) is 10.4. The van der Waals surface area contributed by atoms with Crippen LogP contribution in [0.2, 0.25) is 5.02 Å². The van der Waals surface area contributed by atoms with Crippen LogP contribution in [-0.4, -0.2) is 31.3 Å². The maximum absolute atomic E-state index is 11.8. The number of carbonyl (C=O) groups is 2. The fraction of sp³-hybridized carbons (Fsp3) is 0.429. The summed E-state index contributed by atoms with van der Waals surface area (Å²) >= 11 is 5.86. The highest BCUT2D eigenvalue weighted by Crippen LogP contribution is 2.22. The highest BCUT2D eigenvalue weighted by molar-refractivity contribution is 6.31. The molecule has 4 nitrogen and oxygen atoms in total. The van der Waals surface area contributed by atoms with E-state index in [0.29, 0.717) is 17.1 Å². The Balaban J connectivity index is 2.91. The van der Waals surface area contributed by atoms with Gasteiger partial charge in [-0.25, -0.2) is 0 Å². The number of aldehydes is 1. The molecule has 0 unspecified atom stereocenters. The van der Waals surface area contributed by atoms with Crippen molar-refractivity contribution in [2.45, 2.75) is 26.8 Å². The van der Waals surface area contributed by atoms with Gasteiger partial charge in [0.05, 0.1) is 6.54 Å². The molecule has 1 N–H and O–H groups in total. The van der Waals surface area contributed by atoms with Crippen molar-refractivity contribution in [1.82, 2.24) is 5.32 Å². The maximum Gasteiger partial charge on any atom is 0.239 e. The van der Waals surface area contributed by atoms with Crippen molar-refractivity contribution in [3.63, 3.8) is 0 Å². The minimum atomic E-state index is -0.0661. The summed E-state index contributed by atoms with van der Waals surface area (Å²) in [6, 6.07) is 5.18. The molecular formula is C14H19ClN2O2. The summed E-state index contributed by atoms with van der Waals surface area (Å²) in [5.41, 5.74) is 1.22. The second kappa shape index (κ2) is 7.14. The van der Waals surface area contributed by atoms with Crippen molar-refractivity contribution in [2.75, 3.05) is 18.0 Å². The summed E-state index contributed by atoms with van der Waals surface area (Å²) in [6.07, 6.45) is 0.754. The fourth-order valence-corrected chi connectivity index (χ4v) is 2.00. The van der Waals surface area contributed by atoms with Crippen molar-refractivity contribution >= 4 is 29.5 Å². The second-order valence-electron chi connectivity index (χ2n) is 4.56. The van der Waals surface area contributed by atoms with E-state index >= 15 is 0 Å². The van der Waals surface area contributed by atoms with Crippen LogP contribution < -0.4 is 10.2 Å². The van der Waals surface area contributed by atoms with Gasteiger partial charge in [0.15, 0.2) is 6.29 Å². The van der Waals surface area contributed by atoms with Gasteiger partial charge >= 0.3 is 0 Å². The molecule has 104 valence electrons. The van der Waals surface area contributed by atoms with E-state index in [2.05, 4.69) is 5.32 Å². The topological polar surface area (TPSA) is 49.4 Å². The first-order chi connectivity index (χ1) is 8.97. The zero-order valence-corrected chi connectivity index (χ0v) is 12.2. The van der Waals surface area contributed by atoms with Gasteiger partial charge in [-0.3, -0.25) is 9.59 Å². The predicted octanol–water partition coefficient (Wildman–Crippen LogP) is 2.50. The van der Waals surface area contributed by atoms with Crippen LogP contribution >= 0.6 is 11.6 Å². The Morgan fingerprint density at radius 3 is 2.68 bits per heavy atom. The number of anilines is 1. The molecule has 1 aromatic rings. The average molecular weight is 283 g/mol. The molecule has 0 atom stereocenters. The number of nitrogens with zero attached hydrogens (tertiary/aromatic N) is 1. The second-order valence-corrected chi connectivity index (χ2v) is 4.99. The number of amides is 1. The van der Waals surface area contributed by atoms with Crippen LogP contribution in [0.5, 0.6) is 0 Å². The van der Waals surface area contributed by atoms with Crippen molar-refractivity contribution < 1.29 is 9.59 Å². The molecule has 1 amide bonds. The molecule has 0 heterocycles. The lowest BCUT2D eigenvalue weighted by atomic mass is 10.1. The van der Waals surface area contributed by atoms with Gasteiger partial charge in [-0.15, -0.1) is 0 Å². The molecule has 1 aromatic carbocycles. The van der Waals surface area contributed by atoms with E-state index in [1.165, 1.54) is 0 Å². The SMILES string of the molecule is CCN(CC(=O)NC(C)C)c1ccc(Cl)cc1C=O. The standard InChI is InChI=1S/C14H19ClN2O2/c1-4-17(8-14(19)16-10(2)3)13-6-5-12(15)7-11(13)9-18/h5-7,9-10H,4,8H2,1-3H3,(H,16,19). The third-order valence-corrected chi connectivity index (χ3v) is 2.86. The monoisotopic (exact) mass is 282 g/mol. The summed E-state index contributed by atoms with van der Waals surface area (Å²) in [5, 5.41) is 3.34. The number of hydrogen-bond donors (Lipinski definition) is 1. The predicted molar refractivity (Wildman–Crippen MR) is 78.0 cm³/mol. The average Bonchev–Trinajstić information content (AvgIpc) is 2.35. The Labute approximate surface area is 118 Å². The van der Waals surface area contributed by atoms with Crippen LogP contribution in [0.1, 0.15) is 31.1 Å². The third-order valence-electron chi connectivity index (χ3n) is 2.62. The van der Waals surface area contributed by atoms with Crippen LogP contribution in [0.3, 0.4) is 0 Å². The number of halogens is 1. The molecule has 0 saturated heterocycles. The first-order valence-corrected chi connectivity index (χ1v) is 6.64. The molecule has 5 heteroatoms. The molecular weight excluding hydrogens is 264 g/mol. The molecule has 0 aliphatic rings. The van der Waals surface area contributed by atoms with Gasteiger partial charge in [0.1, 0.15) is 0 Å². The molecule has 0 aromatic heterocycles. The largest absolute Gasteiger partial charge is 0.362 e. The minimum Gasteiger partial charge on any atom is -0.362 e. The Morgan fingerprint density at radius 2 is 2.16 bits per heavy atom. The van der Waals surface area contributed by atoms with Crippen molar-refractivity contribution in [3.8, 4) is 0 Å². The van der Waals surface area contributed by atoms with Crippen LogP contribution in [0, 0.1) is 0 Å². The van der Waals surface area contributed by atoms with E-state index in [1.54, 1.807) is 18.2 Å². The lowest BCUT2D eigenvalue weighted by Gasteiger charge is -2.24. The molecule has 0 bridgehead atoms. The van der Waals surface area contributed by atoms with Gasteiger partial charge in [0.25, 0.3) is 0 Å². The third kappa shape index (κ3) is 4.56. The summed E-state index contributed by atoms with van der Waals surface area (Å²) in [5.74, 6) is -0.0661. The summed E-state index contributed by atoms with van der Waals surface area (Å²) in [6.45, 7) is 6.61. The van der Waals surface area contributed by atoms with E-state index < -0.39 is 0 Å². The van der Waals surface area contributed by atoms with Gasteiger partial charge in [-0.05, 0) is 39.0 Å². The molecule has 1 rings (SSSR count). The number of nitrogens with one attached hydrogen (secondary N) is 1. The molecule has 0 spiro atoms. The highest BCUT2D eigenvalue weighted by Gasteiger charge is 2.14.